The lowest BCUT2D eigenvalue weighted by molar-refractivity contribution is -0.384. The molecule has 1 atom stereocenters. The molecule has 27 heavy (non-hydrogen) atoms. The number of hydrogen-bond donors (Lipinski definition) is 2. The van der Waals surface area contributed by atoms with E-state index in [9.17, 15) is 15.2 Å². The van der Waals surface area contributed by atoms with Crippen molar-refractivity contribution in [2.45, 2.75) is 19.6 Å². The van der Waals surface area contributed by atoms with E-state index in [-0.39, 0.29) is 16.9 Å². The fraction of sp³-hybridized carbons (Fsp3) is 0.333. The Bertz CT molecular complexity index is 856. The molecule has 0 unspecified atom stereocenters. The Labute approximate surface area is 162 Å². The molecule has 2 N–H and O–H groups in total. The summed E-state index contributed by atoms with van der Waals surface area (Å²) in [6.07, 6.45) is 0. The minimum absolute atomic E-state index is 0.00509. The lowest BCUT2D eigenvalue weighted by Crippen LogP contribution is -2.31. The molecule has 144 valence electrons. The second-order valence-electron chi connectivity index (χ2n) is 7.19. The van der Waals surface area contributed by atoms with Gasteiger partial charge in [0.25, 0.3) is 5.69 Å². The normalized spacial score (nSPS) is 19.2. The van der Waals surface area contributed by atoms with E-state index >= 15 is 0 Å². The van der Waals surface area contributed by atoms with Gasteiger partial charge in [-0.2, -0.15) is 0 Å². The number of hydrogen-bond acceptors (Lipinski definition) is 7. The van der Waals surface area contributed by atoms with Crippen LogP contribution in [-0.4, -0.2) is 23.2 Å². The molecule has 2 aromatic carbocycles. The second-order valence-corrected chi connectivity index (χ2v) is 10.8. The standard InChI is InChI=1S/C18H21N2O5PS/c1-18(2)11-24-26(27,25-12-18)17(19-14-5-9-16(21)10-6-14)13-3-7-15(8-4-13)20(22)23/h3-10,17,19,21H,11-12H2,1-2H3/t17-/m0/s1. The van der Waals surface area contributed by atoms with Gasteiger partial charge in [-0.3, -0.25) is 10.1 Å². The van der Waals surface area contributed by atoms with Crippen LogP contribution in [0.2, 0.25) is 0 Å². The maximum Gasteiger partial charge on any atom is 0.269 e. The van der Waals surface area contributed by atoms with Gasteiger partial charge in [-0.1, -0.05) is 13.8 Å². The van der Waals surface area contributed by atoms with E-state index in [0.29, 0.717) is 13.2 Å². The number of nitro groups is 1. The molecule has 1 aliphatic rings. The van der Waals surface area contributed by atoms with Gasteiger partial charge >= 0.3 is 0 Å². The molecule has 0 saturated carbocycles. The molecular weight excluding hydrogens is 387 g/mol. The number of nitro benzene ring substituents is 1. The molecule has 1 heterocycles. The Morgan fingerprint density at radius 2 is 1.70 bits per heavy atom. The van der Waals surface area contributed by atoms with Crippen LogP contribution >= 0.6 is 6.49 Å². The van der Waals surface area contributed by atoms with Crippen LogP contribution in [0.15, 0.2) is 48.5 Å². The summed E-state index contributed by atoms with van der Waals surface area (Å²) in [7, 11) is 0. The van der Waals surface area contributed by atoms with Crippen molar-refractivity contribution in [3.05, 3.63) is 64.2 Å². The summed E-state index contributed by atoms with van der Waals surface area (Å²) >= 11 is 5.79. The van der Waals surface area contributed by atoms with E-state index in [2.05, 4.69) is 5.32 Å². The lowest BCUT2D eigenvalue weighted by atomic mass is 9.97. The van der Waals surface area contributed by atoms with Gasteiger partial charge in [-0.05, 0) is 53.8 Å². The van der Waals surface area contributed by atoms with E-state index in [1.807, 2.05) is 13.8 Å². The van der Waals surface area contributed by atoms with Crippen LogP contribution in [0.25, 0.3) is 0 Å². The molecule has 0 radical (unpaired) electrons. The Morgan fingerprint density at radius 1 is 1.15 bits per heavy atom. The topological polar surface area (TPSA) is 93.9 Å². The first kappa shape index (κ1) is 19.8. The number of benzene rings is 2. The first-order chi connectivity index (χ1) is 12.7. The first-order valence-corrected chi connectivity index (χ1v) is 11.1. The molecule has 1 aliphatic heterocycles. The molecule has 3 rings (SSSR count). The molecular formula is C18H21N2O5PS. The van der Waals surface area contributed by atoms with Crippen molar-refractivity contribution in [2.24, 2.45) is 5.41 Å². The van der Waals surface area contributed by atoms with Gasteiger partial charge in [0, 0.05) is 23.2 Å². The zero-order valence-electron chi connectivity index (χ0n) is 15.0. The fourth-order valence-corrected chi connectivity index (χ4v) is 5.71. The van der Waals surface area contributed by atoms with E-state index in [0.717, 1.165) is 11.3 Å². The van der Waals surface area contributed by atoms with Crippen LogP contribution in [0.1, 0.15) is 25.2 Å². The molecule has 1 saturated heterocycles. The summed E-state index contributed by atoms with van der Waals surface area (Å²) in [4.78, 5) is 10.5. The minimum Gasteiger partial charge on any atom is -0.508 e. The highest BCUT2D eigenvalue weighted by Crippen LogP contribution is 2.64. The Balaban J connectivity index is 1.94. The van der Waals surface area contributed by atoms with Gasteiger partial charge in [0.15, 0.2) is 0 Å². The van der Waals surface area contributed by atoms with Crippen molar-refractivity contribution >= 4 is 29.7 Å². The van der Waals surface area contributed by atoms with E-state index in [1.165, 1.54) is 12.1 Å². The Hall–Kier alpha value is -1.99. The van der Waals surface area contributed by atoms with Crippen LogP contribution < -0.4 is 5.32 Å². The Kier molecular flexibility index (Phi) is 5.53. The summed E-state index contributed by atoms with van der Waals surface area (Å²) in [5, 5.41) is 23.8. The number of anilines is 1. The van der Waals surface area contributed by atoms with E-state index < -0.39 is 17.2 Å². The zero-order valence-corrected chi connectivity index (χ0v) is 16.7. The monoisotopic (exact) mass is 408 g/mol. The highest BCUT2D eigenvalue weighted by atomic mass is 32.5. The summed E-state index contributed by atoms with van der Waals surface area (Å²) in [5.41, 5.74) is 1.36. The number of rotatable bonds is 5. The number of non-ortho nitro benzene ring substituents is 1. The maximum atomic E-state index is 10.9. The first-order valence-electron chi connectivity index (χ1n) is 8.37. The quantitative estimate of drug-likeness (QED) is 0.318. The fourth-order valence-electron chi connectivity index (χ4n) is 2.60. The third-order valence-corrected chi connectivity index (χ3v) is 7.48. The van der Waals surface area contributed by atoms with Crippen LogP contribution in [0.3, 0.4) is 0 Å². The number of aromatic hydroxyl groups is 1. The van der Waals surface area contributed by atoms with Crippen molar-refractivity contribution in [1.82, 2.24) is 0 Å². The second kappa shape index (κ2) is 7.56. The molecule has 9 heteroatoms. The van der Waals surface area contributed by atoms with Gasteiger partial charge in [-0.25, -0.2) is 0 Å². The predicted octanol–water partition coefficient (Wildman–Crippen LogP) is 4.79. The zero-order chi connectivity index (χ0) is 19.7. The highest BCUT2D eigenvalue weighted by Gasteiger charge is 2.40. The predicted molar refractivity (Wildman–Crippen MR) is 108 cm³/mol. The average molecular weight is 408 g/mol. The van der Waals surface area contributed by atoms with Gasteiger partial charge in [0.2, 0.25) is 6.49 Å². The van der Waals surface area contributed by atoms with Gasteiger partial charge in [0.1, 0.15) is 11.5 Å². The Morgan fingerprint density at radius 3 is 2.22 bits per heavy atom. The summed E-state index contributed by atoms with van der Waals surface area (Å²) in [6, 6.07) is 12.8. The average Bonchev–Trinajstić information content (AvgIpc) is 2.64. The SMILES string of the molecule is CC1(C)COP(=S)([C@H](Nc2ccc(O)cc2)c2ccc([N+](=O)[O-])cc2)OC1. The highest BCUT2D eigenvalue weighted by molar-refractivity contribution is 8.10. The molecule has 0 amide bonds. The molecule has 1 fully saturated rings. The van der Waals surface area contributed by atoms with Gasteiger partial charge in [0.05, 0.1) is 18.1 Å². The molecule has 0 aliphatic carbocycles. The van der Waals surface area contributed by atoms with Crippen LogP contribution in [0.4, 0.5) is 11.4 Å². The summed E-state index contributed by atoms with van der Waals surface area (Å²) < 4.78 is 12.1. The van der Waals surface area contributed by atoms with E-state index in [1.54, 1.807) is 36.4 Å². The van der Waals surface area contributed by atoms with Crippen molar-refractivity contribution in [3.8, 4) is 5.75 Å². The van der Waals surface area contributed by atoms with Crippen molar-refractivity contribution in [1.29, 1.82) is 0 Å². The number of nitrogens with zero attached hydrogens (tertiary/aromatic N) is 1. The van der Waals surface area contributed by atoms with Crippen LogP contribution in [0.5, 0.6) is 5.75 Å². The maximum absolute atomic E-state index is 10.9. The molecule has 0 aromatic heterocycles. The summed E-state index contributed by atoms with van der Waals surface area (Å²) in [6.45, 7) is 2.29. The number of phenols is 1. The van der Waals surface area contributed by atoms with Crippen molar-refractivity contribution < 1.29 is 19.1 Å². The lowest BCUT2D eigenvalue weighted by Gasteiger charge is -2.40. The number of phenolic OH excluding ortho intramolecular Hbond substituents is 1. The molecule has 7 nitrogen and oxygen atoms in total. The van der Waals surface area contributed by atoms with Crippen LogP contribution in [0, 0.1) is 15.5 Å². The summed E-state index contributed by atoms with van der Waals surface area (Å²) in [5.74, 6) is -0.323. The molecule has 0 bridgehead atoms. The number of nitrogens with one attached hydrogen (secondary N) is 1. The van der Waals surface area contributed by atoms with E-state index in [4.69, 9.17) is 20.9 Å². The van der Waals surface area contributed by atoms with Gasteiger partial charge < -0.3 is 19.5 Å². The smallest absolute Gasteiger partial charge is 0.269 e. The third-order valence-electron chi connectivity index (χ3n) is 4.18. The van der Waals surface area contributed by atoms with Gasteiger partial charge in [-0.15, -0.1) is 0 Å². The third kappa shape index (κ3) is 4.65. The largest absolute Gasteiger partial charge is 0.508 e. The van der Waals surface area contributed by atoms with Crippen molar-refractivity contribution in [3.63, 3.8) is 0 Å². The minimum atomic E-state index is -2.75. The van der Waals surface area contributed by atoms with Crippen LogP contribution in [-0.2, 0) is 20.9 Å². The molecule has 0 spiro atoms. The van der Waals surface area contributed by atoms with Crippen molar-refractivity contribution in [2.75, 3.05) is 18.5 Å². The molecule has 2 aromatic rings.